The first kappa shape index (κ1) is 21.7. The number of benzene rings is 2. The first-order chi connectivity index (χ1) is 15.5. The molecule has 1 saturated carbocycles. The first-order valence-corrected chi connectivity index (χ1v) is 11.8. The van der Waals surface area contributed by atoms with Gasteiger partial charge in [0.15, 0.2) is 0 Å². The van der Waals surface area contributed by atoms with Crippen LogP contribution < -0.4 is 5.32 Å². The molecule has 1 unspecified atom stereocenters. The van der Waals surface area contributed by atoms with Crippen molar-refractivity contribution in [2.24, 2.45) is 5.92 Å². The minimum atomic E-state index is -0.916. The van der Waals surface area contributed by atoms with Crippen molar-refractivity contribution < 1.29 is 9.59 Å². The van der Waals surface area contributed by atoms with Crippen LogP contribution in [-0.4, -0.2) is 59.5 Å². The van der Waals surface area contributed by atoms with Crippen molar-refractivity contribution in [2.75, 3.05) is 32.8 Å². The molecule has 3 fully saturated rings. The van der Waals surface area contributed by atoms with E-state index in [0.717, 1.165) is 50.1 Å². The lowest BCUT2D eigenvalue weighted by molar-refractivity contribution is -0.134. The van der Waals surface area contributed by atoms with Gasteiger partial charge in [0.1, 0.15) is 5.54 Å². The third-order valence-corrected chi connectivity index (χ3v) is 7.51. The Kier molecular flexibility index (Phi) is 5.88. The molecule has 3 aliphatic rings. The maximum Gasteiger partial charge on any atom is 0.326 e. The van der Waals surface area contributed by atoms with Crippen LogP contribution >= 0.6 is 23.2 Å². The topological polar surface area (TPSA) is 55.9 Å². The molecule has 2 aromatic carbocycles. The second-order valence-electron chi connectivity index (χ2n) is 8.85. The molecule has 5 rings (SSSR count). The lowest BCUT2D eigenvalue weighted by atomic mass is 9.85. The molecule has 0 bridgehead atoms. The number of hydrogen-bond donors (Lipinski definition) is 1. The number of halogens is 2. The molecule has 0 aromatic heterocycles. The van der Waals surface area contributed by atoms with E-state index in [2.05, 4.69) is 15.1 Å². The molecule has 168 valence electrons. The van der Waals surface area contributed by atoms with Gasteiger partial charge in [-0.25, -0.2) is 9.69 Å². The predicted molar refractivity (Wildman–Crippen MR) is 124 cm³/mol. The Labute approximate surface area is 198 Å². The van der Waals surface area contributed by atoms with Gasteiger partial charge < -0.3 is 5.32 Å². The molecule has 2 aromatic rings. The van der Waals surface area contributed by atoms with Gasteiger partial charge in [-0.1, -0.05) is 59.6 Å². The van der Waals surface area contributed by atoms with Gasteiger partial charge in [0.25, 0.3) is 5.91 Å². The maximum absolute atomic E-state index is 13.6. The van der Waals surface area contributed by atoms with Crippen LogP contribution in [0.4, 0.5) is 4.79 Å². The van der Waals surface area contributed by atoms with Crippen LogP contribution in [0, 0.1) is 5.92 Å². The number of imide groups is 1. The van der Waals surface area contributed by atoms with Gasteiger partial charge in [0.05, 0.1) is 6.67 Å². The van der Waals surface area contributed by atoms with E-state index >= 15 is 0 Å². The summed E-state index contributed by atoms with van der Waals surface area (Å²) in [7, 11) is 0. The molecule has 0 spiro atoms. The second-order valence-corrected chi connectivity index (χ2v) is 9.66. The smallest absolute Gasteiger partial charge is 0.319 e. The summed E-state index contributed by atoms with van der Waals surface area (Å²) < 4.78 is 0. The molecule has 1 atom stereocenters. The van der Waals surface area contributed by atoms with Gasteiger partial charge in [-0.2, -0.15) is 0 Å². The van der Waals surface area contributed by atoms with Crippen molar-refractivity contribution >= 4 is 35.1 Å². The summed E-state index contributed by atoms with van der Waals surface area (Å²) in [4.78, 5) is 32.3. The predicted octanol–water partition coefficient (Wildman–Crippen LogP) is 3.93. The number of nitrogens with zero attached hydrogens (tertiary/aromatic N) is 3. The first-order valence-electron chi connectivity index (χ1n) is 11.1. The molecule has 6 nitrogen and oxygen atoms in total. The van der Waals surface area contributed by atoms with Gasteiger partial charge >= 0.3 is 6.03 Å². The van der Waals surface area contributed by atoms with Crippen molar-refractivity contribution in [1.82, 2.24) is 20.0 Å². The van der Waals surface area contributed by atoms with Crippen molar-refractivity contribution in [3.63, 3.8) is 0 Å². The Morgan fingerprint density at radius 1 is 0.875 bits per heavy atom. The second kappa shape index (κ2) is 8.67. The molecule has 0 radical (unpaired) electrons. The number of piperazine rings is 1. The molecule has 1 aliphatic carbocycles. The van der Waals surface area contributed by atoms with Gasteiger partial charge in [-0.05, 0) is 36.5 Å². The molecule has 2 heterocycles. The molecule has 2 aliphatic heterocycles. The molecule has 1 N–H and O–H groups in total. The van der Waals surface area contributed by atoms with Crippen LogP contribution in [0.15, 0.2) is 48.5 Å². The van der Waals surface area contributed by atoms with E-state index in [1.54, 1.807) is 0 Å². The van der Waals surface area contributed by atoms with E-state index in [1.165, 1.54) is 4.90 Å². The number of hydrogen-bond acceptors (Lipinski definition) is 4. The summed E-state index contributed by atoms with van der Waals surface area (Å²) in [6, 6.07) is 14.9. The highest BCUT2D eigenvalue weighted by Gasteiger charge is 2.60. The van der Waals surface area contributed by atoms with E-state index in [1.807, 2.05) is 48.5 Å². The minimum absolute atomic E-state index is 0.124. The van der Waals surface area contributed by atoms with Crippen LogP contribution in [0.5, 0.6) is 0 Å². The standard InChI is InChI=1S/C24H26Cl2N4O2/c25-20-7-4-8-21(26)19(20)15-28-11-13-29(14-12-28)16-30-22(31)24(18-9-10-18,27-23(30)32)17-5-2-1-3-6-17/h1-8,18H,9-16H2,(H,27,32). The van der Waals surface area contributed by atoms with Crippen LogP contribution in [0.25, 0.3) is 0 Å². The Morgan fingerprint density at radius 2 is 1.50 bits per heavy atom. The zero-order valence-electron chi connectivity index (χ0n) is 17.8. The van der Waals surface area contributed by atoms with Crippen LogP contribution in [0.3, 0.4) is 0 Å². The van der Waals surface area contributed by atoms with Gasteiger partial charge in [-0.15, -0.1) is 0 Å². The molecular formula is C24H26Cl2N4O2. The average molecular weight is 473 g/mol. The Morgan fingerprint density at radius 3 is 2.12 bits per heavy atom. The number of rotatable bonds is 6. The van der Waals surface area contributed by atoms with Gasteiger partial charge in [0.2, 0.25) is 0 Å². The van der Waals surface area contributed by atoms with E-state index < -0.39 is 5.54 Å². The Bertz CT molecular complexity index is 1000. The van der Waals surface area contributed by atoms with Crippen molar-refractivity contribution in [2.45, 2.75) is 24.9 Å². The Hall–Kier alpha value is -2.12. The summed E-state index contributed by atoms with van der Waals surface area (Å²) in [5, 5.41) is 4.41. The minimum Gasteiger partial charge on any atom is -0.319 e. The number of amides is 3. The molecule has 2 saturated heterocycles. The molecule has 3 amide bonds. The number of nitrogens with one attached hydrogen (secondary N) is 1. The normalized spacial score (nSPS) is 24.8. The highest BCUT2D eigenvalue weighted by atomic mass is 35.5. The zero-order chi connectivity index (χ0) is 22.3. The van der Waals surface area contributed by atoms with Gasteiger partial charge in [0, 0.05) is 48.3 Å². The summed E-state index contributed by atoms with van der Waals surface area (Å²) >= 11 is 12.6. The van der Waals surface area contributed by atoms with E-state index in [9.17, 15) is 9.59 Å². The summed E-state index contributed by atoms with van der Waals surface area (Å²) in [6.45, 7) is 4.16. The third kappa shape index (κ3) is 3.90. The maximum atomic E-state index is 13.6. The summed E-state index contributed by atoms with van der Waals surface area (Å²) in [5.74, 6) is 0.0463. The van der Waals surface area contributed by atoms with Gasteiger partial charge in [-0.3, -0.25) is 14.6 Å². The van der Waals surface area contributed by atoms with Crippen molar-refractivity contribution in [3.8, 4) is 0 Å². The lowest BCUT2D eigenvalue weighted by Gasteiger charge is -2.36. The fourth-order valence-electron chi connectivity index (χ4n) is 4.84. The van der Waals surface area contributed by atoms with Crippen LogP contribution in [0.2, 0.25) is 10.0 Å². The SMILES string of the molecule is O=C1NC(c2ccccc2)(C2CC2)C(=O)N1CN1CCN(Cc2c(Cl)cccc2Cl)CC1. The zero-order valence-corrected chi connectivity index (χ0v) is 19.3. The third-order valence-electron chi connectivity index (χ3n) is 6.80. The molecular weight excluding hydrogens is 447 g/mol. The van der Waals surface area contributed by atoms with Crippen LogP contribution in [-0.2, 0) is 16.9 Å². The fraction of sp³-hybridized carbons (Fsp3) is 0.417. The highest BCUT2D eigenvalue weighted by molar-refractivity contribution is 6.35. The number of carbonyl (C=O) groups is 2. The van der Waals surface area contributed by atoms with Crippen LogP contribution in [0.1, 0.15) is 24.0 Å². The average Bonchev–Trinajstić information content (AvgIpc) is 3.62. The highest BCUT2D eigenvalue weighted by Crippen LogP contribution is 2.49. The summed E-state index contributed by atoms with van der Waals surface area (Å²) in [6.07, 6.45) is 1.91. The molecule has 32 heavy (non-hydrogen) atoms. The molecule has 8 heteroatoms. The lowest BCUT2D eigenvalue weighted by Crippen LogP contribution is -2.51. The van der Waals surface area contributed by atoms with Crippen molar-refractivity contribution in [1.29, 1.82) is 0 Å². The van der Waals surface area contributed by atoms with E-state index in [4.69, 9.17) is 23.2 Å². The van der Waals surface area contributed by atoms with E-state index in [0.29, 0.717) is 23.3 Å². The monoisotopic (exact) mass is 472 g/mol. The largest absolute Gasteiger partial charge is 0.326 e. The number of carbonyl (C=O) groups excluding carboxylic acids is 2. The quantitative estimate of drug-likeness (QED) is 0.647. The fourth-order valence-corrected chi connectivity index (χ4v) is 5.36. The Balaban J connectivity index is 1.24. The summed E-state index contributed by atoms with van der Waals surface area (Å²) in [5.41, 5.74) is 0.904. The van der Waals surface area contributed by atoms with Crippen molar-refractivity contribution in [3.05, 3.63) is 69.7 Å². The number of urea groups is 1. The van der Waals surface area contributed by atoms with E-state index in [-0.39, 0.29) is 17.9 Å².